The highest BCUT2D eigenvalue weighted by Crippen LogP contribution is 2.27. The molecule has 0 radical (unpaired) electrons. The monoisotopic (exact) mass is 316 g/mol. The number of nitrogens with two attached hydrogens (primary N) is 1. The molecule has 1 aromatic carbocycles. The molecule has 5 N–H and O–H groups in total. The highest BCUT2D eigenvalue weighted by Gasteiger charge is 2.08. The van der Waals surface area contributed by atoms with Crippen molar-refractivity contribution in [3.05, 3.63) is 18.2 Å². The number of urea groups is 1. The van der Waals surface area contributed by atoms with Crippen molar-refractivity contribution >= 4 is 35.7 Å². The number of ether oxygens (including phenoxy) is 1. The molecule has 0 heterocycles. The largest absolute Gasteiger partial charge is 0.494 e. The Kier molecular flexibility index (Phi) is 8.91. The Bertz CT molecular complexity index is 482. The number of anilines is 2. The predicted molar refractivity (Wildman–Crippen MR) is 85.2 cm³/mol. The Morgan fingerprint density at radius 2 is 2.00 bits per heavy atom. The number of amides is 3. The summed E-state index contributed by atoms with van der Waals surface area (Å²) >= 11 is 0. The molecule has 0 saturated heterocycles. The fourth-order valence-electron chi connectivity index (χ4n) is 1.65. The van der Waals surface area contributed by atoms with E-state index in [1.54, 1.807) is 18.2 Å². The maximum Gasteiger partial charge on any atom is 0.316 e. The van der Waals surface area contributed by atoms with Crippen molar-refractivity contribution in [1.82, 2.24) is 5.32 Å². The zero-order valence-electron chi connectivity index (χ0n) is 12.1. The molecule has 7 nitrogen and oxygen atoms in total. The normalized spacial score (nSPS) is 9.43. The number of halogens is 1. The van der Waals surface area contributed by atoms with Crippen LogP contribution < -0.4 is 26.4 Å². The van der Waals surface area contributed by atoms with Gasteiger partial charge >= 0.3 is 6.03 Å². The first-order valence-electron chi connectivity index (χ1n) is 6.25. The summed E-state index contributed by atoms with van der Waals surface area (Å²) in [5, 5.41) is 8.18. The molecule has 0 spiro atoms. The molecule has 0 aliphatic carbocycles. The van der Waals surface area contributed by atoms with Gasteiger partial charge in [-0.2, -0.15) is 0 Å². The molecule has 21 heavy (non-hydrogen) atoms. The van der Waals surface area contributed by atoms with Gasteiger partial charge in [0.1, 0.15) is 5.75 Å². The molecule has 118 valence electrons. The van der Waals surface area contributed by atoms with Gasteiger partial charge in [0.25, 0.3) is 0 Å². The lowest BCUT2D eigenvalue weighted by Crippen LogP contribution is -2.20. The summed E-state index contributed by atoms with van der Waals surface area (Å²) in [5.74, 6) is 0.356. The van der Waals surface area contributed by atoms with E-state index < -0.39 is 6.03 Å². The van der Waals surface area contributed by atoms with Crippen LogP contribution in [0.25, 0.3) is 0 Å². The molecule has 1 rings (SSSR count). The van der Waals surface area contributed by atoms with E-state index in [1.165, 1.54) is 7.11 Å². The third kappa shape index (κ3) is 6.82. The van der Waals surface area contributed by atoms with E-state index in [4.69, 9.17) is 10.5 Å². The second-order valence-corrected chi connectivity index (χ2v) is 4.16. The van der Waals surface area contributed by atoms with Crippen LogP contribution in [0.5, 0.6) is 5.75 Å². The Labute approximate surface area is 130 Å². The molecule has 0 fully saturated rings. The number of primary amides is 1. The van der Waals surface area contributed by atoms with Gasteiger partial charge < -0.3 is 26.4 Å². The van der Waals surface area contributed by atoms with Gasteiger partial charge in [-0.1, -0.05) is 0 Å². The zero-order chi connectivity index (χ0) is 15.0. The fraction of sp³-hybridized carbons (Fsp3) is 0.385. The van der Waals surface area contributed by atoms with E-state index in [-0.39, 0.29) is 18.3 Å². The van der Waals surface area contributed by atoms with Crippen molar-refractivity contribution < 1.29 is 14.3 Å². The second kappa shape index (κ2) is 9.84. The number of methoxy groups -OCH3 is 1. The number of hydrogen-bond acceptors (Lipinski definition) is 4. The van der Waals surface area contributed by atoms with Crippen LogP contribution in [-0.4, -0.2) is 32.6 Å². The minimum Gasteiger partial charge on any atom is -0.494 e. The van der Waals surface area contributed by atoms with Gasteiger partial charge in [-0.15, -0.1) is 12.4 Å². The molecule has 0 saturated carbocycles. The van der Waals surface area contributed by atoms with Crippen molar-refractivity contribution in [2.24, 2.45) is 5.73 Å². The van der Waals surface area contributed by atoms with Gasteiger partial charge in [0.15, 0.2) is 0 Å². The fourth-order valence-corrected chi connectivity index (χ4v) is 1.65. The number of hydrogen-bond donors (Lipinski definition) is 4. The molecule has 0 aromatic heterocycles. The summed E-state index contributed by atoms with van der Waals surface area (Å²) in [5.41, 5.74) is 6.11. The van der Waals surface area contributed by atoms with E-state index in [0.717, 1.165) is 13.0 Å². The van der Waals surface area contributed by atoms with E-state index in [9.17, 15) is 9.59 Å². The molecule has 0 aliphatic rings. The summed E-state index contributed by atoms with van der Waals surface area (Å²) in [4.78, 5) is 22.5. The van der Waals surface area contributed by atoms with E-state index >= 15 is 0 Å². The van der Waals surface area contributed by atoms with Gasteiger partial charge in [-0.3, -0.25) is 4.79 Å². The zero-order valence-corrected chi connectivity index (χ0v) is 12.9. The first-order chi connectivity index (χ1) is 9.56. The third-order valence-electron chi connectivity index (χ3n) is 2.57. The van der Waals surface area contributed by atoms with Crippen LogP contribution in [-0.2, 0) is 4.79 Å². The van der Waals surface area contributed by atoms with Gasteiger partial charge in [0.05, 0.1) is 12.8 Å². The lowest BCUT2D eigenvalue weighted by Gasteiger charge is -2.11. The highest BCUT2D eigenvalue weighted by atomic mass is 35.5. The minimum atomic E-state index is -0.674. The molecule has 0 aliphatic heterocycles. The average molecular weight is 317 g/mol. The Balaban J connectivity index is 0.00000400. The molecular formula is C13H21ClN4O3. The van der Waals surface area contributed by atoms with Gasteiger partial charge in [-0.25, -0.2) is 4.79 Å². The van der Waals surface area contributed by atoms with Crippen LogP contribution in [0, 0.1) is 0 Å². The Hall–Kier alpha value is -1.99. The SMILES string of the molecule is CNCCCC(=O)Nc1ccc(NC(N)=O)c(OC)c1.Cl. The molecular weight excluding hydrogens is 296 g/mol. The smallest absolute Gasteiger partial charge is 0.316 e. The average Bonchev–Trinajstić information content (AvgIpc) is 2.40. The summed E-state index contributed by atoms with van der Waals surface area (Å²) < 4.78 is 5.14. The van der Waals surface area contributed by atoms with E-state index in [0.29, 0.717) is 23.5 Å². The Morgan fingerprint density at radius 3 is 2.57 bits per heavy atom. The third-order valence-corrected chi connectivity index (χ3v) is 2.57. The number of rotatable bonds is 7. The van der Waals surface area contributed by atoms with Crippen molar-refractivity contribution in [1.29, 1.82) is 0 Å². The topological polar surface area (TPSA) is 105 Å². The minimum absolute atomic E-state index is 0. The first kappa shape index (κ1) is 19.0. The molecule has 0 atom stereocenters. The molecule has 0 bridgehead atoms. The summed E-state index contributed by atoms with van der Waals surface area (Å²) in [6.45, 7) is 0.790. The van der Waals surface area contributed by atoms with Crippen LogP contribution in [0.3, 0.4) is 0 Å². The van der Waals surface area contributed by atoms with Gasteiger partial charge in [0.2, 0.25) is 5.91 Å². The number of carbonyl (C=O) groups excluding carboxylic acids is 2. The van der Waals surface area contributed by atoms with Crippen LogP contribution in [0.2, 0.25) is 0 Å². The van der Waals surface area contributed by atoms with Crippen molar-refractivity contribution in [3.63, 3.8) is 0 Å². The van der Waals surface area contributed by atoms with Crippen LogP contribution in [0.15, 0.2) is 18.2 Å². The van der Waals surface area contributed by atoms with Gasteiger partial charge in [-0.05, 0) is 32.1 Å². The summed E-state index contributed by atoms with van der Waals surface area (Å²) in [6.07, 6.45) is 1.20. The molecule has 8 heteroatoms. The number of benzene rings is 1. The van der Waals surface area contributed by atoms with E-state index in [2.05, 4.69) is 16.0 Å². The highest BCUT2D eigenvalue weighted by molar-refractivity contribution is 5.93. The lowest BCUT2D eigenvalue weighted by molar-refractivity contribution is -0.116. The standard InChI is InChI=1S/C13H20N4O3.ClH/c1-15-7-3-4-12(18)16-9-5-6-10(17-13(14)19)11(8-9)20-2;/h5-6,8,15H,3-4,7H2,1-2H3,(H,16,18)(H3,14,17,19);1H. The van der Waals surface area contributed by atoms with Crippen molar-refractivity contribution in [2.45, 2.75) is 12.8 Å². The molecule has 1 aromatic rings. The molecule has 0 unspecified atom stereocenters. The maximum atomic E-state index is 11.7. The summed E-state index contributed by atoms with van der Waals surface area (Å²) in [7, 11) is 3.31. The second-order valence-electron chi connectivity index (χ2n) is 4.16. The van der Waals surface area contributed by atoms with Crippen molar-refractivity contribution in [2.75, 3.05) is 31.3 Å². The van der Waals surface area contributed by atoms with Crippen LogP contribution in [0.4, 0.5) is 16.2 Å². The maximum absolute atomic E-state index is 11.7. The number of nitrogens with one attached hydrogen (secondary N) is 3. The quantitative estimate of drug-likeness (QED) is 0.573. The van der Waals surface area contributed by atoms with Crippen molar-refractivity contribution in [3.8, 4) is 5.75 Å². The van der Waals surface area contributed by atoms with Gasteiger partial charge in [0, 0.05) is 18.2 Å². The van der Waals surface area contributed by atoms with Crippen LogP contribution >= 0.6 is 12.4 Å². The Morgan fingerprint density at radius 1 is 1.29 bits per heavy atom. The number of carbonyl (C=O) groups is 2. The van der Waals surface area contributed by atoms with Crippen LogP contribution in [0.1, 0.15) is 12.8 Å². The van der Waals surface area contributed by atoms with E-state index in [1.807, 2.05) is 7.05 Å². The lowest BCUT2D eigenvalue weighted by atomic mass is 10.2. The summed E-state index contributed by atoms with van der Waals surface area (Å²) in [6, 6.07) is 4.24. The molecule has 3 amide bonds. The predicted octanol–water partition coefficient (Wildman–Crippen LogP) is 1.55. The first-order valence-corrected chi connectivity index (χ1v) is 6.25.